The zero-order valence-corrected chi connectivity index (χ0v) is 16.6. The monoisotopic (exact) mass is 363 g/mol. The molecule has 0 aliphatic carbocycles. The zero-order valence-electron chi connectivity index (χ0n) is 16.6. The van der Waals surface area contributed by atoms with Gasteiger partial charge in [0.25, 0.3) is 5.91 Å². The van der Waals surface area contributed by atoms with Crippen LogP contribution in [0.2, 0.25) is 0 Å². The van der Waals surface area contributed by atoms with Crippen LogP contribution in [0.15, 0.2) is 42.6 Å². The highest BCUT2D eigenvalue weighted by molar-refractivity contribution is 6.17. The Morgan fingerprint density at radius 2 is 2.22 bits per heavy atom. The summed E-state index contributed by atoms with van der Waals surface area (Å²) in [6.07, 6.45) is 5.54. The lowest BCUT2D eigenvalue weighted by atomic mass is 9.96. The van der Waals surface area contributed by atoms with Gasteiger partial charge in [0.2, 0.25) is 0 Å². The van der Waals surface area contributed by atoms with Crippen molar-refractivity contribution in [1.29, 1.82) is 5.26 Å². The topological polar surface area (TPSA) is 56.1 Å². The summed E-state index contributed by atoms with van der Waals surface area (Å²) in [7, 11) is 0. The summed E-state index contributed by atoms with van der Waals surface area (Å²) < 4.78 is 0. The van der Waals surface area contributed by atoms with E-state index < -0.39 is 0 Å². The van der Waals surface area contributed by atoms with Crippen molar-refractivity contribution in [1.82, 2.24) is 10.2 Å². The van der Waals surface area contributed by atoms with Gasteiger partial charge in [-0.25, -0.2) is 0 Å². The average molecular weight is 364 g/mol. The molecule has 1 saturated heterocycles. The van der Waals surface area contributed by atoms with Crippen molar-refractivity contribution in [3.05, 3.63) is 58.6 Å². The second-order valence-electron chi connectivity index (χ2n) is 7.18. The molecule has 1 unspecified atom stereocenters. The van der Waals surface area contributed by atoms with Crippen LogP contribution >= 0.6 is 0 Å². The SMILES string of the molecule is C=C(CNC(=O)C(/C=C\C)=c1\c(C(C)C)cccc1=C)N1CCCC1C#N. The Morgan fingerprint density at radius 3 is 2.85 bits per heavy atom. The van der Waals surface area contributed by atoms with Crippen molar-refractivity contribution in [3.63, 3.8) is 0 Å². The first-order chi connectivity index (χ1) is 12.9. The molecule has 4 nitrogen and oxygen atoms in total. The Hall–Kier alpha value is -2.80. The maximum atomic E-state index is 13.0. The molecule has 2 rings (SSSR count). The standard InChI is InChI=1S/C23H29N3O/c1-6-9-21(22-17(4)10-7-12-20(22)16(2)3)23(27)25-15-18(5)26-13-8-11-19(26)14-24/h6-7,9-10,12,16,19H,4-5,8,11,13,15H2,1-3H3,(H,25,27)/b9-6-,22-21-. The lowest BCUT2D eigenvalue weighted by molar-refractivity contribution is -0.115. The van der Waals surface area contributed by atoms with E-state index in [2.05, 4.69) is 38.4 Å². The van der Waals surface area contributed by atoms with Crippen LogP contribution in [0.4, 0.5) is 0 Å². The summed E-state index contributed by atoms with van der Waals surface area (Å²) in [6.45, 7) is 15.5. The van der Waals surface area contributed by atoms with Crippen LogP contribution < -0.4 is 15.8 Å². The molecule has 1 N–H and O–H groups in total. The molecule has 0 aromatic heterocycles. The normalized spacial score (nSPS) is 17.9. The van der Waals surface area contributed by atoms with Gasteiger partial charge in [0.05, 0.1) is 12.6 Å². The molecule has 1 amide bonds. The van der Waals surface area contributed by atoms with Gasteiger partial charge < -0.3 is 10.2 Å². The van der Waals surface area contributed by atoms with Crippen LogP contribution in [-0.2, 0) is 4.79 Å². The van der Waals surface area contributed by atoms with Crippen LogP contribution in [0.25, 0.3) is 12.2 Å². The predicted molar refractivity (Wildman–Crippen MR) is 111 cm³/mol. The van der Waals surface area contributed by atoms with Gasteiger partial charge in [-0.2, -0.15) is 5.26 Å². The number of nitrogens with zero attached hydrogens (tertiary/aromatic N) is 2. The molecule has 1 aliphatic rings. The van der Waals surface area contributed by atoms with Crippen molar-refractivity contribution >= 4 is 18.1 Å². The van der Waals surface area contributed by atoms with Gasteiger partial charge >= 0.3 is 0 Å². The number of allylic oxidation sites excluding steroid dienone is 1. The average Bonchev–Trinajstić information content (AvgIpc) is 3.13. The van der Waals surface area contributed by atoms with Crippen molar-refractivity contribution in [2.75, 3.05) is 13.1 Å². The van der Waals surface area contributed by atoms with Gasteiger partial charge in [-0.3, -0.25) is 4.79 Å². The number of nitriles is 1. The first-order valence-corrected chi connectivity index (χ1v) is 9.47. The fraction of sp³-hybridized carbons (Fsp3) is 0.391. The van der Waals surface area contributed by atoms with Crippen LogP contribution in [0, 0.1) is 11.3 Å². The number of carbonyl (C=O) groups excluding carboxylic acids is 1. The Labute approximate surface area is 162 Å². The molecule has 27 heavy (non-hydrogen) atoms. The minimum Gasteiger partial charge on any atom is -0.358 e. The number of hydrogen-bond acceptors (Lipinski definition) is 3. The fourth-order valence-corrected chi connectivity index (χ4v) is 3.53. The summed E-state index contributed by atoms with van der Waals surface area (Å²) in [5.41, 5.74) is 2.49. The van der Waals surface area contributed by atoms with E-state index in [-0.39, 0.29) is 17.9 Å². The van der Waals surface area contributed by atoms with Crippen LogP contribution in [0.1, 0.15) is 45.1 Å². The minimum absolute atomic E-state index is 0.137. The van der Waals surface area contributed by atoms with Crippen molar-refractivity contribution in [2.24, 2.45) is 0 Å². The second-order valence-corrected chi connectivity index (χ2v) is 7.18. The van der Waals surface area contributed by atoms with E-state index >= 15 is 0 Å². The van der Waals surface area contributed by atoms with Gasteiger partial charge in [0.15, 0.2) is 0 Å². The fourth-order valence-electron chi connectivity index (χ4n) is 3.53. The molecule has 1 aromatic carbocycles. The number of amides is 1. The largest absolute Gasteiger partial charge is 0.358 e. The number of carbonyl (C=O) groups is 1. The molecule has 4 heteroatoms. The smallest absolute Gasteiger partial charge is 0.252 e. The molecule has 142 valence electrons. The molecule has 0 bridgehead atoms. The van der Waals surface area contributed by atoms with E-state index in [1.807, 2.05) is 42.2 Å². The molecule has 0 saturated carbocycles. The molecular weight excluding hydrogens is 334 g/mol. The Morgan fingerprint density at radius 1 is 1.48 bits per heavy atom. The molecule has 0 radical (unpaired) electrons. The summed E-state index contributed by atoms with van der Waals surface area (Å²) in [4.78, 5) is 15.0. The number of likely N-dealkylation sites (tertiary alicyclic amines) is 1. The third-order valence-corrected chi connectivity index (χ3v) is 4.91. The first-order valence-electron chi connectivity index (χ1n) is 9.47. The lowest BCUT2D eigenvalue weighted by Gasteiger charge is -2.24. The van der Waals surface area contributed by atoms with E-state index in [0.29, 0.717) is 12.1 Å². The summed E-state index contributed by atoms with van der Waals surface area (Å²) >= 11 is 0. The van der Waals surface area contributed by atoms with Crippen LogP contribution in [-0.4, -0.2) is 29.9 Å². The summed E-state index contributed by atoms with van der Waals surface area (Å²) in [6, 6.07) is 8.12. The number of benzene rings is 1. The van der Waals surface area contributed by atoms with Crippen LogP contribution in [0.3, 0.4) is 0 Å². The predicted octanol–water partition coefficient (Wildman–Crippen LogP) is 2.56. The summed E-state index contributed by atoms with van der Waals surface area (Å²) in [5.74, 6) is 0.130. The van der Waals surface area contributed by atoms with Crippen molar-refractivity contribution < 1.29 is 4.79 Å². The molecule has 1 fully saturated rings. The maximum Gasteiger partial charge on any atom is 0.252 e. The Balaban J connectivity index is 2.31. The third-order valence-electron chi connectivity index (χ3n) is 4.91. The Kier molecular flexibility index (Phi) is 7.01. The first kappa shape index (κ1) is 20.5. The molecule has 1 aromatic rings. The molecule has 1 heterocycles. The van der Waals surface area contributed by atoms with E-state index in [1.54, 1.807) is 0 Å². The number of hydrogen-bond donors (Lipinski definition) is 1. The van der Waals surface area contributed by atoms with E-state index in [4.69, 9.17) is 0 Å². The highest BCUT2D eigenvalue weighted by Crippen LogP contribution is 2.20. The van der Waals surface area contributed by atoms with Gasteiger partial charge in [-0.15, -0.1) is 0 Å². The van der Waals surface area contributed by atoms with Crippen molar-refractivity contribution in [2.45, 2.75) is 45.6 Å². The molecule has 1 aliphatic heterocycles. The van der Waals surface area contributed by atoms with E-state index in [0.717, 1.165) is 41.1 Å². The van der Waals surface area contributed by atoms with E-state index in [1.165, 1.54) is 0 Å². The Bertz CT molecular complexity index is 889. The maximum absolute atomic E-state index is 13.0. The van der Waals surface area contributed by atoms with Gasteiger partial charge in [0.1, 0.15) is 6.04 Å². The van der Waals surface area contributed by atoms with Crippen LogP contribution in [0.5, 0.6) is 0 Å². The van der Waals surface area contributed by atoms with Gasteiger partial charge in [-0.05, 0) is 41.7 Å². The number of nitrogens with one attached hydrogen (secondary N) is 1. The highest BCUT2D eigenvalue weighted by Gasteiger charge is 2.25. The quantitative estimate of drug-likeness (QED) is 0.845. The van der Waals surface area contributed by atoms with Gasteiger partial charge in [-0.1, -0.05) is 57.4 Å². The minimum atomic E-state index is -0.153. The van der Waals surface area contributed by atoms with E-state index in [9.17, 15) is 10.1 Å². The summed E-state index contributed by atoms with van der Waals surface area (Å²) in [5, 5.41) is 14.0. The molecular formula is C23H29N3O. The highest BCUT2D eigenvalue weighted by atomic mass is 16.1. The second kappa shape index (κ2) is 9.23. The zero-order chi connectivity index (χ0) is 20.0. The lowest BCUT2D eigenvalue weighted by Crippen LogP contribution is -2.38. The molecule has 1 atom stereocenters. The number of rotatable bonds is 6. The third kappa shape index (κ3) is 4.68. The van der Waals surface area contributed by atoms with Crippen molar-refractivity contribution in [3.8, 4) is 6.07 Å². The molecule has 0 spiro atoms. The van der Waals surface area contributed by atoms with Gasteiger partial charge in [0, 0.05) is 17.8 Å².